The number of carboxylic acids is 1. The van der Waals surface area contributed by atoms with Crippen LogP contribution in [0.2, 0.25) is 5.02 Å². The number of hydrogen-bond donors (Lipinski definition) is 2. The van der Waals surface area contributed by atoms with Gasteiger partial charge in [0.1, 0.15) is 5.75 Å². The summed E-state index contributed by atoms with van der Waals surface area (Å²) >= 11 is 5.78. The SMILES string of the molecule is O=C(O)CC(CNC(=O)COc1ccc(Cl)cc1)c1ccccc1. The Hall–Kier alpha value is -2.53. The van der Waals surface area contributed by atoms with Crippen LogP contribution in [0.5, 0.6) is 5.75 Å². The predicted molar refractivity (Wildman–Crippen MR) is 91.4 cm³/mol. The molecule has 2 rings (SSSR count). The maximum absolute atomic E-state index is 11.9. The number of amides is 1. The summed E-state index contributed by atoms with van der Waals surface area (Å²) in [5.74, 6) is -0.963. The topological polar surface area (TPSA) is 75.6 Å². The van der Waals surface area contributed by atoms with Crippen molar-refractivity contribution in [3.05, 3.63) is 65.2 Å². The Morgan fingerprint density at radius 2 is 1.75 bits per heavy atom. The molecule has 2 N–H and O–H groups in total. The fraction of sp³-hybridized carbons (Fsp3) is 0.222. The number of carbonyl (C=O) groups is 2. The van der Waals surface area contributed by atoms with Gasteiger partial charge in [0.05, 0.1) is 6.42 Å². The Labute approximate surface area is 145 Å². The van der Waals surface area contributed by atoms with Gasteiger partial charge in [0.15, 0.2) is 6.61 Å². The highest BCUT2D eigenvalue weighted by Crippen LogP contribution is 2.19. The Morgan fingerprint density at radius 1 is 1.08 bits per heavy atom. The fourth-order valence-electron chi connectivity index (χ4n) is 2.21. The summed E-state index contributed by atoms with van der Waals surface area (Å²) in [4.78, 5) is 22.9. The second kappa shape index (κ2) is 8.93. The zero-order valence-corrected chi connectivity index (χ0v) is 13.7. The molecule has 5 nitrogen and oxygen atoms in total. The van der Waals surface area contributed by atoms with Crippen molar-refractivity contribution in [1.82, 2.24) is 5.32 Å². The molecule has 0 aromatic heterocycles. The Bertz CT molecular complexity index is 673. The summed E-state index contributed by atoms with van der Waals surface area (Å²) in [5, 5.41) is 12.3. The van der Waals surface area contributed by atoms with Gasteiger partial charge in [-0.25, -0.2) is 0 Å². The molecule has 0 aliphatic rings. The van der Waals surface area contributed by atoms with Gasteiger partial charge >= 0.3 is 5.97 Å². The second-order valence-corrected chi connectivity index (χ2v) is 5.69. The summed E-state index contributed by atoms with van der Waals surface area (Å²) in [6.07, 6.45) is -0.0532. The van der Waals surface area contributed by atoms with Crippen molar-refractivity contribution in [2.24, 2.45) is 0 Å². The van der Waals surface area contributed by atoms with Crippen molar-refractivity contribution < 1.29 is 19.4 Å². The van der Waals surface area contributed by atoms with E-state index >= 15 is 0 Å². The van der Waals surface area contributed by atoms with Crippen molar-refractivity contribution >= 4 is 23.5 Å². The molecule has 0 aliphatic heterocycles. The summed E-state index contributed by atoms with van der Waals surface area (Å²) in [6.45, 7) is 0.0926. The highest BCUT2D eigenvalue weighted by atomic mass is 35.5. The van der Waals surface area contributed by atoms with Gasteiger partial charge in [0.2, 0.25) is 0 Å². The van der Waals surface area contributed by atoms with E-state index in [1.807, 2.05) is 30.3 Å². The fourth-order valence-corrected chi connectivity index (χ4v) is 2.34. The van der Waals surface area contributed by atoms with E-state index in [4.69, 9.17) is 21.4 Å². The molecule has 24 heavy (non-hydrogen) atoms. The highest BCUT2D eigenvalue weighted by molar-refractivity contribution is 6.30. The minimum Gasteiger partial charge on any atom is -0.484 e. The molecule has 0 aliphatic carbocycles. The lowest BCUT2D eigenvalue weighted by Crippen LogP contribution is -2.33. The molecule has 1 unspecified atom stereocenters. The Morgan fingerprint density at radius 3 is 2.38 bits per heavy atom. The molecule has 0 saturated carbocycles. The van der Waals surface area contributed by atoms with Crippen LogP contribution in [0.15, 0.2) is 54.6 Å². The first-order valence-corrected chi connectivity index (χ1v) is 7.84. The Kier molecular flexibility index (Phi) is 6.63. The molecule has 0 radical (unpaired) electrons. The van der Waals surface area contributed by atoms with Gasteiger partial charge in [0, 0.05) is 17.5 Å². The quantitative estimate of drug-likeness (QED) is 0.769. The number of rotatable bonds is 8. The van der Waals surface area contributed by atoms with Crippen LogP contribution in [0.1, 0.15) is 17.9 Å². The maximum atomic E-state index is 11.9. The minimum absolute atomic E-state index is 0.0532. The van der Waals surface area contributed by atoms with E-state index in [9.17, 15) is 9.59 Å². The van der Waals surface area contributed by atoms with E-state index < -0.39 is 5.97 Å². The van der Waals surface area contributed by atoms with Crippen LogP contribution in [0.4, 0.5) is 0 Å². The van der Waals surface area contributed by atoms with Crippen LogP contribution in [-0.2, 0) is 9.59 Å². The maximum Gasteiger partial charge on any atom is 0.304 e. The molecule has 126 valence electrons. The van der Waals surface area contributed by atoms with Crippen molar-refractivity contribution in [3.8, 4) is 5.75 Å². The molecule has 1 amide bonds. The number of benzene rings is 2. The molecule has 0 spiro atoms. The molecule has 0 heterocycles. The van der Waals surface area contributed by atoms with E-state index in [0.717, 1.165) is 5.56 Å². The van der Waals surface area contributed by atoms with Crippen LogP contribution in [0, 0.1) is 0 Å². The van der Waals surface area contributed by atoms with Crippen molar-refractivity contribution in [2.75, 3.05) is 13.2 Å². The summed E-state index contributed by atoms with van der Waals surface area (Å²) < 4.78 is 5.35. The number of hydrogen-bond acceptors (Lipinski definition) is 3. The van der Waals surface area contributed by atoms with E-state index in [-0.39, 0.29) is 31.4 Å². The van der Waals surface area contributed by atoms with Gasteiger partial charge < -0.3 is 15.2 Å². The Balaban J connectivity index is 1.85. The number of carbonyl (C=O) groups excluding carboxylic acids is 1. The molecule has 2 aromatic rings. The third-order valence-corrected chi connectivity index (χ3v) is 3.67. The van der Waals surface area contributed by atoms with Crippen molar-refractivity contribution in [1.29, 1.82) is 0 Å². The highest BCUT2D eigenvalue weighted by Gasteiger charge is 2.16. The lowest BCUT2D eigenvalue weighted by molar-refractivity contribution is -0.137. The van der Waals surface area contributed by atoms with Gasteiger partial charge in [-0.2, -0.15) is 0 Å². The number of nitrogens with one attached hydrogen (secondary N) is 1. The average Bonchev–Trinajstić information content (AvgIpc) is 2.58. The minimum atomic E-state index is -0.907. The number of carboxylic acid groups (broad SMARTS) is 1. The summed E-state index contributed by atoms with van der Waals surface area (Å²) in [5.41, 5.74) is 0.874. The zero-order chi connectivity index (χ0) is 17.4. The van der Waals surface area contributed by atoms with Crippen LogP contribution >= 0.6 is 11.6 Å². The van der Waals surface area contributed by atoms with Crippen LogP contribution in [-0.4, -0.2) is 30.1 Å². The first-order valence-electron chi connectivity index (χ1n) is 7.46. The first kappa shape index (κ1) is 17.8. The zero-order valence-electron chi connectivity index (χ0n) is 12.9. The molecule has 0 bridgehead atoms. The molecule has 1 atom stereocenters. The van der Waals surface area contributed by atoms with Crippen LogP contribution in [0.25, 0.3) is 0 Å². The van der Waals surface area contributed by atoms with Crippen molar-refractivity contribution in [3.63, 3.8) is 0 Å². The molecular weight excluding hydrogens is 330 g/mol. The van der Waals surface area contributed by atoms with Crippen molar-refractivity contribution in [2.45, 2.75) is 12.3 Å². The van der Waals surface area contributed by atoms with E-state index in [2.05, 4.69) is 5.32 Å². The predicted octanol–water partition coefficient (Wildman–Crippen LogP) is 3.09. The van der Waals surface area contributed by atoms with Gasteiger partial charge in [-0.3, -0.25) is 9.59 Å². The molecular formula is C18H18ClNO4. The summed E-state index contributed by atoms with van der Waals surface area (Å²) in [6, 6.07) is 15.9. The smallest absolute Gasteiger partial charge is 0.304 e. The third kappa shape index (κ3) is 5.93. The standard InChI is InChI=1S/C18H18ClNO4/c19-15-6-8-16(9-7-15)24-12-17(21)20-11-14(10-18(22)23)13-4-2-1-3-5-13/h1-9,14H,10-12H2,(H,20,21)(H,22,23). The van der Waals surface area contributed by atoms with E-state index in [1.54, 1.807) is 24.3 Å². The second-order valence-electron chi connectivity index (χ2n) is 5.25. The number of ether oxygens (including phenoxy) is 1. The lowest BCUT2D eigenvalue weighted by Gasteiger charge is -2.16. The normalized spacial score (nSPS) is 11.5. The van der Waals surface area contributed by atoms with Gasteiger partial charge in [-0.15, -0.1) is 0 Å². The van der Waals surface area contributed by atoms with Gasteiger partial charge in [-0.05, 0) is 29.8 Å². The molecule has 6 heteroatoms. The largest absolute Gasteiger partial charge is 0.484 e. The van der Waals surface area contributed by atoms with Gasteiger partial charge in [-0.1, -0.05) is 41.9 Å². The van der Waals surface area contributed by atoms with Gasteiger partial charge in [0.25, 0.3) is 5.91 Å². The van der Waals surface area contributed by atoms with Crippen LogP contribution in [0.3, 0.4) is 0 Å². The third-order valence-electron chi connectivity index (χ3n) is 3.42. The molecule has 0 saturated heterocycles. The monoisotopic (exact) mass is 347 g/mol. The van der Waals surface area contributed by atoms with E-state index in [1.165, 1.54) is 0 Å². The molecule has 0 fully saturated rings. The lowest BCUT2D eigenvalue weighted by atomic mass is 9.96. The first-order chi connectivity index (χ1) is 11.5. The molecule has 2 aromatic carbocycles. The number of aliphatic carboxylic acids is 1. The van der Waals surface area contributed by atoms with E-state index in [0.29, 0.717) is 10.8 Å². The van der Waals surface area contributed by atoms with Crippen LogP contribution < -0.4 is 10.1 Å². The average molecular weight is 348 g/mol. The number of halogens is 1. The summed E-state index contributed by atoms with van der Waals surface area (Å²) in [7, 11) is 0.